The van der Waals surface area contributed by atoms with Crippen LogP contribution in [0.4, 0.5) is 13.6 Å². The number of rotatable bonds is 3. The van der Waals surface area contributed by atoms with E-state index in [9.17, 15) is 9.59 Å². The maximum absolute atomic E-state index is 16.8. The van der Waals surface area contributed by atoms with Gasteiger partial charge in [-0.3, -0.25) is 15.0 Å². The number of carbonyl (C=O) groups is 2. The lowest BCUT2D eigenvalue weighted by atomic mass is 9.67. The summed E-state index contributed by atoms with van der Waals surface area (Å²) in [7, 11) is 0. The summed E-state index contributed by atoms with van der Waals surface area (Å²) >= 11 is 0. The standard InChI is InChI=1S/C34H54F2N8O2/c1-5-27(45)41-13-14-43(20(4)17-41)32-24-15-26(36)30-28-23(7-6-8-25(28)35)22-16-38-42(18-22)12-10-21-9-11-37-29(19(2)3)31(21)44(33(24)39-30)34(46)40-32/h5,18-21,23-26,28-33,37-39H,1,6-17H2,2-4H3,(H,40,46)/t20-,21?,23?,24?,25?,26?,28?,29?,30?,31?,32?,33?/m0/s1. The highest BCUT2D eigenvalue weighted by atomic mass is 19.1. The van der Waals surface area contributed by atoms with Crippen LogP contribution in [-0.4, -0.2) is 120 Å². The Morgan fingerprint density at radius 1 is 1.09 bits per heavy atom. The molecule has 7 aliphatic rings. The monoisotopic (exact) mass is 644 g/mol. The second kappa shape index (κ2) is 13.0. The Hall–Kier alpha value is -2.28. The predicted molar refractivity (Wildman–Crippen MR) is 172 cm³/mol. The number of urea groups is 1. The fourth-order valence-electron chi connectivity index (χ4n) is 10.3. The number of carbonyl (C=O) groups excluding carboxylic acids is 2. The molecule has 0 radical (unpaired) electrons. The third-order valence-electron chi connectivity index (χ3n) is 12.5. The van der Waals surface area contributed by atoms with Gasteiger partial charge in [0.05, 0.1) is 18.4 Å². The van der Waals surface area contributed by atoms with Gasteiger partial charge in [-0.25, -0.2) is 19.0 Å². The van der Waals surface area contributed by atoms with E-state index in [0.717, 1.165) is 38.8 Å². The van der Waals surface area contributed by atoms with E-state index in [1.54, 1.807) is 4.90 Å². The first-order valence-electron chi connectivity index (χ1n) is 17.9. The molecule has 4 saturated heterocycles. The molecule has 46 heavy (non-hydrogen) atoms. The Labute approximate surface area is 272 Å². The largest absolute Gasteiger partial charge is 0.336 e. The first kappa shape index (κ1) is 32.3. The minimum absolute atomic E-state index is 0.0328. The lowest BCUT2D eigenvalue weighted by molar-refractivity contribution is -0.132. The highest BCUT2D eigenvalue weighted by Gasteiger charge is 2.57. The highest BCUT2D eigenvalue weighted by molar-refractivity contribution is 5.87. The molecule has 1 saturated carbocycles. The number of piperazine rings is 1. The number of halogens is 2. The van der Waals surface area contributed by atoms with Crippen LogP contribution in [0.5, 0.6) is 0 Å². The molecule has 1 aliphatic carbocycles. The van der Waals surface area contributed by atoms with Crippen LogP contribution in [0.2, 0.25) is 0 Å². The first-order chi connectivity index (χ1) is 22.2. The molecule has 0 spiro atoms. The summed E-state index contributed by atoms with van der Waals surface area (Å²) in [6, 6.07) is -0.866. The molecule has 12 heteroatoms. The Balaban J connectivity index is 1.28. The fraction of sp³-hybridized carbons (Fsp3) is 0.824. The van der Waals surface area contributed by atoms with Crippen molar-refractivity contribution in [3.05, 3.63) is 24.4 Å². The SMILES string of the molecule is C=CC(=O)N1CCN(C2NC(=O)N3C4NC(C(F)CC42)C2C(F)CCCC2C2=CN(CCC4CCNC(C(C)C)C43)NC2)[C@@H](C)C1. The van der Waals surface area contributed by atoms with Gasteiger partial charge in [0.1, 0.15) is 12.3 Å². The smallest absolute Gasteiger partial charge is 0.320 e. The van der Waals surface area contributed by atoms with Crippen molar-refractivity contribution < 1.29 is 18.4 Å². The maximum Gasteiger partial charge on any atom is 0.320 e. The molecule has 0 aromatic rings. The number of hydrogen-bond acceptors (Lipinski definition) is 7. The third kappa shape index (κ3) is 5.64. The normalized spacial score (nSPS) is 43.4. The molecular formula is C34H54F2N8O2. The van der Waals surface area contributed by atoms with Crippen molar-refractivity contribution >= 4 is 11.9 Å². The number of nitrogens with zero attached hydrogens (tertiary/aromatic N) is 4. The average molecular weight is 645 g/mol. The molecule has 10 nitrogen and oxygen atoms in total. The number of piperidine rings is 2. The summed E-state index contributed by atoms with van der Waals surface area (Å²) < 4.78 is 33.0. The second-order valence-corrected chi connectivity index (χ2v) is 15.3. The van der Waals surface area contributed by atoms with E-state index >= 15 is 8.78 Å². The summed E-state index contributed by atoms with van der Waals surface area (Å²) in [5.41, 5.74) is 4.71. The molecule has 256 valence electrons. The van der Waals surface area contributed by atoms with Gasteiger partial charge in [-0.15, -0.1) is 0 Å². The van der Waals surface area contributed by atoms with Gasteiger partial charge in [-0.05, 0) is 81.4 Å². The van der Waals surface area contributed by atoms with Crippen molar-refractivity contribution in [2.75, 3.05) is 39.3 Å². The van der Waals surface area contributed by atoms with E-state index in [0.29, 0.717) is 32.6 Å². The maximum atomic E-state index is 16.8. The zero-order valence-corrected chi connectivity index (χ0v) is 27.7. The third-order valence-corrected chi connectivity index (χ3v) is 12.5. The Bertz CT molecular complexity index is 1200. The summed E-state index contributed by atoms with van der Waals surface area (Å²) in [5, 5.41) is 13.0. The fourth-order valence-corrected chi connectivity index (χ4v) is 10.3. The highest BCUT2D eigenvalue weighted by Crippen LogP contribution is 2.46. The van der Waals surface area contributed by atoms with Crippen LogP contribution in [0.3, 0.4) is 0 Å². The lowest BCUT2D eigenvalue weighted by Crippen LogP contribution is -2.80. The minimum atomic E-state index is -1.25. The van der Waals surface area contributed by atoms with Crippen LogP contribution in [-0.2, 0) is 4.79 Å². The van der Waals surface area contributed by atoms with E-state index in [1.807, 2.05) is 4.90 Å². The molecule has 0 aromatic carbocycles. The Morgan fingerprint density at radius 3 is 2.67 bits per heavy atom. The lowest BCUT2D eigenvalue weighted by Gasteiger charge is -2.60. The quantitative estimate of drug-likeness (QED) is 0.351. The van der Waals surface area contributed by atoms with Crippen molar-refractivity contribution in [3.63, 3.8) is 0 Å². The Kier molecular flexibility index (Phi) is 9.10. The van der Waals surface area contributed by atoms with Gasteiger partial charge in [0.25, 0.3) is 0 Å². The van der Waals surface area contributed by atoms with Crippen LogP contribution in [0, 0.1) is 29.6 Å². The van der Waals surface area contributed by atoms with E-state index in [1.165, 1.54) is 11.6 Å². The summed E-state index contributed by atoms with van der Waals surface area (Å²) in [6.07, 6.45) is 4.58. The molecular weight excluding hydrogens is 590 g/mol. The molecule has 4 bridgehead atoms. The summed E-state index contributed by atoms with van der Waals surface area (Å²) in [5.74, 6) is -0.333. The van der Waals surface area contributed by atoms with Gasteiger partial charge in [0, 0.05) is 68.9 Å². The van der Waals surface area contributed by atoms with Gasteiger partial charge < -0.3 is 25.4 Å². The van der Waals surface area contributed by atoms with Crippen LogP contribution >= 0.6 is 0 Å². The number of hydrazine groups is 1. The van der Waals surface area contributed by atoms with E-state index in [2.05, 4.69) is 64.8 Å². The number of alkyl halides is 2. The Morgan fingerprint density at radius 2 is 1.91 bits per heavy atom. The molecule has 12 atom stereocenters. The topological polar surface area (TPSA) is 95.2 Å². The van der Waals surface area contributed by atoms with E-state index in [4.69, 9.17) is 0 Å². The van der Waals surface area contributed by atoms with Crippen LogP contribution in [0.1, 0.15) is 59.3 Å². The van der Waals surface area contributed by atoms with Crippen molar-refractivity contribution in [1.29, 1.82) is 0 Å². The van der Waals surface area contributed by atoms with Gasteiger partial charge in [-0.2, -0.15) is 0 Å². The van der Waals surface area contributed by atoms with Gasteiger partial charge in [0.2, 0.25) is 5.91 Å². The zero-order valence-electron chi connectivity index (χ0n) is 27.7. The zero-order chi connectivity index (χ0) is 32.3. The molecule has 6 aliphatic heterocycles. The van der Waals surface area contributed by atoms with E-state index < -0.39 is 36.6 Å². The molecule has 5 fully saturated rings. The van der Waals surface area contributed by atoms with Crippen molar-refractivity contribution in [2.24, 2.45) is 29.6 Å². The molecule has 6 heterocycles. The second-order valence-electron chi connectivity index (χ2n) is 15.3. The molecule has 7 rings (SSSR count). The van der Waals surface area contributed by atoms with Crippen molar-refractivity contribution in [3.8, 4) is 0 Å². The molecule has 3 amide bonds. The van der Waals surface area contributed by atoms with Crippen molar-refractivity contribution in [2.45, 2.75) is 108 Å². The molecule has 0 aromatic heterocycles. The number of fused-ring (bicyclic) bond motifs is 7. The minimum Gasteiger partial charge on any atom is -0.336 e. The summed E-state index contributed by atoms with van der Waals surface area (Å²) in [6.45, 7) is 14.1. The molecule has 4 N–H and O–H groups in total. The predicted octanol–water partition coefficient (Wildman–Crippen LogP) is 2.56. The summed E-state index contributed by atoms with van der Waals surface area (Å²) in [4.78, 5) is 33.1. The average Bonchev–Trinajstić information content (AvgIpc) is 3.52. The number of amides is 3. The van der Waals surface area contributed by atoms with Crippen LogP contribution in [0.15, 0.2) is 24.4 Å². The first-order valence-corrected chi connectivity index (χ1v) is 17.9. The van der Waals surface area contributed by atoms with Crippen molar-refractivity contribution in [1.82, 2.24) is 41.1 Å². The van der Waals surface area contributed by atoms with Crippen LogP contribution in [0.25, 0.3) is 0 Å². The molecule has 11 unspecified atom stereocenters. The van der Waals surface area contributed by atoms with Crippen LogP contribution < -0.4 is 21.4 Å². The van der Waals surface area contributed by atoms with E-state index in [-0.39, 0.29) is 60.2 Å². The van der Waals surface area contributed by atoms with Gasteiger partial charge in [-0.1, -0.05) is 20.4 Å². The number of nitrogens with one attached hydrogen (secondary N) is 4. The van der Waals surface area contributed by atoms with Gasteiger partial charge in [0.15, 0.2) is 0 Å². The number of hydrogen-bond donors (Lipinski definition) is 4. The van der Waals surface area contributed by atoms with Gasteiger partial charge >= 0.3 is 6.03 Å².